The van der Waals surface area contributed by atoms with Crippen molar-refractivity contribution in [3.8, 4) is 11.1 Å². The van der Waals surface area contributed by atoms with E-state index < -0.39 is 0 Å². The molecule has 0 amide bonds. The van der Waals surface area contributed by atoms with Crippen LogP contribution in [-0.4, -0.2) is 5.16 Å². The Morgan fingerprint density at radius 2 is 1.94 bits per heavy atom. The molecule has 0 aliphatic heterocycles. The fraction of sp³-hybridized carbons (Fsp3) is 0.250. The summed E-state index contributed by atoms with van der Waals surface area (Å²) in [6, 6.07) is 5.53. The number of rotatable bonds is 2. The first-order chi connectivity index (χ1) is 7.61. The van der Waals surface area contributed by atoms with Crippen molar-refractivity contribution in [2.24, 2.45) is 0 Å². The van der Waals surface area contributed by atoms with Gasteiger partial charge in [-0.15, -0.1) is 0 Å². The Morgan fingerprint density at radius 3 is 2.62 bits per heavy atom. The normalized spacial score (nSPS) is 11.1. The lowest BCUT2D eigenvalue weighted by atomic mass is 10.0. The Balaban J connectivity index is 2.59. The third kappa shape index (κ3) is 1.95. The summed E-state index contributed by atoms with van der Waals surface area (Å²) in [6.07, 6.45) is 1.67. The van der Waals surface area contributed by atoms with Gasteiger partial charge in [-0.1, -0.05) is 54.3 Å². The number of benzene rings is 1. The van der Waals surface area contributed by atoms with Crippen molar-refractivity contribution in [3.63, 3.8) is 0 Å². The van der Waals surface area contributed by atoms with E-state index in [1.54, 1.807) is 12.3 Å². The first kappa shape index (κ1) is 11.5. The average Bonchev–Trinajstić information content (AvgIpc) is 2.70. The van der Waals surface area contributed by atoms with Gasteiger partial charge in [0.1, 0.15) is 5.76 Å². The van der Waals surface area contributed by atoms with Crippen LogP contribution in [0.2, 0.25) is 10.0 Å². The van der Waals surface area contributed by atoms with Crippen LogP contribution in [0.5, 0.6) is 0 Å². The Labute approximate surface area is 104 Å². The van der Waals surface area contributed by atoms with E-state index in [4.69, 9.17) is 27.7 Å². The molecule has 2 aromatic rings. The summed E-state index contributed by atoms with van der Waals surface area (Å²) < 4.78 is 5.22. The number of hydrogen-bond donors (Lipinski definition) is 0. The maximum Gasteiger partial charge on any atom is 0.147 e. The Morgan fingerprint density at radius 1 is 1.19 bits per heavy atom. The topological polar surface area (TPSA) is 26.0 Å². The Bertz CT molecular complexity index is 505. The van der Waals surface area contributed by atoms with E-state index in [-0.39, 0.29) is 5.92 Å². The molecule has 0 saturated carbocycles. The second kappa shape index (κ2) is 4.48. The molecule has 16 heavy (non-hydrogen) atoms. The molecule has 1 aromatic heterocycles. The summed E-state index contributed by atoms with van der Waals surface area (Å²) in [7, 11) is 0. The van der Waals surface area contributed by atoms with E-state index in [0.717, 1.165) is 16.9 Å². The number of aromatic nitrogens is 1. The number of nitrogens with zero attached hydrogens (tertiary/aromatic N) is 1. The van der Waals surface area contributed by atoms with Crippen molar-refractivity contribution < 1.29 is 4.52 Å². The van der Waals surface area contributed by atoms with Crippen LogP contribution >= 0.6 is 23.2 Å². The SMILES string of the molecule is CC(C)c1oncc1-c1cccc(Cl)c1Cl. The number of hydrogen-bond acceptors (Lipinski definition) is 2. The predicted molar refractivity (Wildman–Crippen MR) is 66.0 cm³/mol. The molecule has 2 rings (SSSR count). The highest BCUT2D eigenvalue weighted by Gasteiger charge is 2.16. The van der Waals surface area contributed by atoms with Crippen molar-refractivity contribution >= 4 is 23.2 Å². The van der Waals surface area contributed by atoms with Crippen LogP contribution in [-0.2, 0) is 0 Å². The van der Waals surface area contributed by atoms with E-state index in [1.165, 1.54) is 0 Å². The predicted octanol–water partition coefficient (Wildman–Crippen LogP) is 4.77. The zero-order valence-electron chi connectivity index (χ0n) is 9.00. The third-order valence-corrected chi connectivity index (χ3v) is 3.18. The van der Waals surface area contributed by atoms with Gasteiger partial charge in [-0.2, -0.15) is 0 Å². The average molecular weight is 256 g/mol. The standard InChI is InChI=1S/C12H11Cl2NO/c1-7(2)12-9(6-15-16-12)8-4-3-5-10(13)11(8)14/h3-7H,1-2H3. The van der Waals surface area contributed by atoms with Gasteiger partial charge in [0.15, 0.2) is 0 Å². The van der Waals surface area contributed by atoms with Crippen LogP contribution in [0.1, 0.15) is 25.5 Å². The highest BCUT2D eigenvalue weighted by Crippen LogP contribution is 2.37. The van der Waals surface area contributed by atoms with Gasteiger partial charge in [0.05, 0.1) is 16.2 Å². The van der Waals surface area contributed by atoms with Crippen LogP contribution < -0.4 is 0 Å². The van der Waals surface area contributed by atoms with Gasteiger partial charge in [-0.25, -0.2) is 0 Å². The molecule has 1 aromatic carbocycles. The molecule has 0 unspecified atom stereocenters. The monoisotopic (exact) mass is 255 g/mol. The van der Waals surface area contributed by atoms with Crippen molar-refractivity contribution in [1.29, 1.82) is 0 Å². The molecule has 1 heterocycles. The maximum absolute atomic E-state index is 6.16. The summed E-state index contributed by atoms with van der Waals surface area (Å²) in [5.74, 6) is 1.08. The fourth-order valence-electron chi connectivity index (χ4n) is 1.58. The highest BCUT2D eigenvalue weighted by molar-refractivity contribution is 6.43. The van der Waals surface area contributed by atoms with Gasteiger partial charge in [0.25, 0.3) is 0 Å². The Hall–Kier alpha value is -0.990. The zero-order valence-corrected chi connectivity index (χ0v) is 10.5. The molecule has 0 spiro atoms. The number of halogens is 2. The largest absolute Gasteiger partial charge is 0.360 e. The fourth-order valence-corrected chi connectivity index (χ4v) is 1.98. The molecule has 0 bridgehead atoms. The summed E-state index contributed by atoms with van der Waals surface area (Å²) in [4.78, 5) is 0. The van der Waals surface area contributed by atoms with E-state index >= 15 is 0 Å². The van der Waals surface area contributed by atoms with Gasteiger partial charge in [0.2, 0.25) is 0 Å². The van der Waals surface area contributed by atoms with E-state index in [1.807, 2.05) is 26.0 Å². The maximum atomic E-state index is 6.16. The summed E-state index contributed by atoms with van der Waals surface area (Å²) in [5.41, 5.74) is 1.77. The van der Waals surface area contributed by atoms with Crippen LogP contribution in [0.3, 0.4) is 0 Å². The zero-order chi connectivity index (χ0) is 11.7. The molecule has 84 valence electrons. The Kier molecular flexibility index (Phi) is 3.22. The molecule has 0 aliphatic carbocycles. The van der Waals surface area contributed by atoms with Crippen LogP contribution in [0.25, 0.3) is 11.1 Å². The van der Waals surface area contributed by atoms with Crippen LogP contribution in [0.15, 0.2) is 28.9 Å². The first-order valence-electron chi connectivity index (χ1n) is 5.00. The highest BCUT2D eigenvalue weighted by atomic mass is 35.5. The quantitative estimate of drug-likeness (QED) is 0.773. The first-order valence-corrected chi connectivity index (χ1v) is 5.75. The van der Waals surface area contributed by atoms with E-state index in [2.05, 4.69) is 5.16 Å². The van der Waals surface area contributed by atoms with Crippen molar-refractivity contribution in [3.05, 3.63) is 40.2 Å². The minimum Gasteiger partial charge on any atom is -0.360 e. The molecule has 4 heteroatoms. The summed E-state index contributed by atoms with van der Waals surface area (Å²) in [5, 5.41) is 4.89. The van der Waals surface area contributed by atoms with Crippen molar-refractivity contribution in [1.82, 2.24) is 5.16 Å². The van der Waals surface area contributed by atoms with Crippen LogP contribution in [0, 0.1) is 0 Å². The van der Waals surface area contributed by atoms with Gasteiger partial charge in [0, 0.05) is 17.0 Å². The summed E-state index contributed by atoms with van der Waals surface area (Å²) in [6.45, 7) is 4.09. The van der Waals surface area contributed by atoms with Gasteiger partial charge >= 0.3 is 0 Å². The lowest BCUT2D eigenvalue weighted by Gasteiger charge is -2.06. The summed E-state index contributed by atoms with van der Waals surface area (Å²) >= 11 is 12.1. The molecule has 0 N–H and O–H groups in total. The minimum absolute atomic E-state index is 0.257. The van der Waals surface area contributed by atoms with Gasteiger partial charge in [-0.05, 0) is 6.07 Å². The van der Waals surface area contributed by atoms with Crippen molar-refractivity contribution in [2.45, 2.75) is 19.8 Å². The second-order valence-corrected chi connectivity index (χ2v) is 4.64. The van der Waals surface area contributed by atoms with Crippen molar-refractivity contribution in [2.75, 3.05) is 0 Å². The van der Waals surface area contributed by atoms with E-state index in [0.29, 0.717) is 10.0 Å². The minimum atomic E-state index is 0.257. The lowest BCUT2D eigenvalue weighted by Crippen LogP contribution is -1.88. The lowest BCUT2D eigenvalue weighted by molar-refractivity contribution is 0.372. The molecule has 0 fully saturated rings. The molecule has 2 nitrogen and oxygen atoms in total. The second-order valence-electron chi connectivity index (χ2n) is 3.86. The molecular weight excluding hydrogens is 245 g/mol. The van der Waals surface area contributed by atoms with Crippen LogP contribution in [0.4, 0.5) is 0 Å². The molecule has 0 saturated heterocycles. The molecular formula is C12H11Cl2NO. The molecule has 0 atom stereocenters. The third-order valence-electron chi connectivity index (χ3n) is 2.36. The van der Waals surface area contributed by atoms with Gasteiger partial charge in [-0.3, -0.25) is 0 Å². The van der Waals surface area contributed by atoms with Gasteiger partial charge < -0.3 is 4.52 Å². The molecule has 0 aliphatic rings. The smallest absolute Gasteiger partial charge is 0.147 e. The van der Waals surface area contributed by atoms with E-state index in [9.17, 15) is 0 Å². The molecule has 0 radical (unpaired) electrons.